The third-order valence-corrected chi connectivity index (χ3v) is 3.19. The van der Waals surface area contributed by atoms with Gasteiger partial charge in [0, 0.05) is 6.04 Å². The van der Waals surface area contributed by atoms with Crippen molar-refractivity contribution in [2.75, 3.05) is 5.32 Å². The maximum atomic E-state index is 13.4. The molecule has 2 nitrogen and oxygen atoms in total. The third-order valence-electron chi connectivity index (χ3n) is 2.97. The highest BCUT2D eigenvalue weighted by atomic mass is 32.1. The van der Waals surface area contributed by atoms with Crippen LogP contribution in [0.1, 0.15) is 25.7 Å². The maximum absolute atomic E-state index is 13.4. The average Bonchev–Trinajstić information content (AvgIpc) is 2.83. The Kier molecular flexibility index (Phi) is 4.06. The quantitative estimate of drug-likeness (QED) is 0.639. The molecule has 0 unspecified atom stereocenters. The number of thiocarbonyl (C=S) groups is 1. The number of anilines is 1. The first-order valence-electron chi connectivity index (χ1n) is 5.79. The maximum Gasteiger partial charge on any atom is 0.196 e. The summed E-state index contributed by atoms with van der Waals surface area (Å²) in [6, 6.07) is 2.26. The molecule has 0 saturated heterocycles. The monoisotopic (exact) mass is 274 g/mol. The highest BCUT2D eigenvalue weighted by molar-refractivity contribution is 7.80. The lowest BCUT2D eigenvalue weighted by Crippen LogP contribution is -2.36. The summed E-state index contributed by atoms with van der Waals surface area (Å²) >= 11 is 5.00. The summed E-state index contributed by atoms with van der Waals surface area (Å²) in [5.74, 6) is -3.97. The van der Waals surface area contributed by atoms with Gasteiger partial charge in [0.25, 0.3) is 0 Å². The molecular weight excluding hydrogens is 261 g/mol. The number of hydrogen-bond acceptors (Lipinski definition) is 1. The molecule has 1 fully saturated rings. The van der Waals surface area contributed by atoms with Crippen molar-refractivity contribution >= 4 is 23.0 Å². The Morgan fingerprint density at radius 1 is 1.11 bits per heavy atom. The lowest BCUT2D eigenvalue weighted by molar-refractivity contribution is 0.449. The normalized spacial score (nSPS) is 15.7. The van der Waals surface area contributed by atoms with Gasteiger partial charge in [-0.15, -0.1) is 0 Å². The van der Waals surface area contributed by atoms with Gasteiger partial charge in [-0.2, -0.15) is 0 Å². The van der Waals surface area contributed by atoms with E-state index in [1.165, 1.54) is 0 Å². The van der Waals surface area contributed by atoms with Crippen LogP contribution in [0, 0.1) is 17.5 Å². The van der Waals surface area contributed by atoms with E-state index in [2.05, 4.69) is 10.6 Å². The number of benzene rings is 1. The smallest absolute Gasteiger partial charge is 0.196 e. The van der Waals surface area contributed by atoms with Crippen molar-refractivity contribution in [2.45, 2.75) is 31.7 Å². The molecule has 1 saturated carbocycles. The van der Waals surface area contributed by atoms with Crippen molar-refractivity contribution in [3.8, 4) is 0 Å². The first-order chi connectivity index (χ1) is 8.58. The number of rotatable bonds is 2. The molecule has 0 radical (unpaired) electrons. The van der Waals surface area contributed by atoms with E-state index in [0.717, 1.165) is 37.8 Å². The average molecular weight is 274 g/mol. The van der Waals surface area contributed by atoms with E-state index in [9.17, 15) is 13.2 Å². The molecule has 98 valence electrons. The molecule has 1 aromatic rings. The standard InChI is InChI=1S/C12H13F3N2S/c13-8-5-6-9(11(15)10(8)14)17-12(18)16-7-3-1-2-4-7/h5-7H,1-4H2,(H2,16,17,18). The van der Waals surface area contributed by atoms with Crippen LogP contribution >= 0.6 is 12.2 Å². The molecule has 2 rings (SSSR count). The van der Waals surface area contributed by atoms with Crippen LogP contribution in [0.5, 0.6) is 0 Å². The van der Waals surface area contributed by atoms with E-state index in [-0.39, 0.29) is 16.8 Å². The molecule has 0 aromatic heterocycles. The Bertz CT molecular complexity index is 459. The van der Waals surface area contributed by atoms with Gasteiger partial charge in [-0.25, -0.2) is 13.2 Å². The minimum absolute atomic E-state index is 0.163. The second-order valence-electron chi connectivity index (χ2n) is 4.30. The fourth-order valence-electron chi connectivity index (χ4n) is 2.04. The summed E-state index contributed by atoms with van der Waals surface area (Å²) in [5.41, 5.74) is -0.163. The zero-order valence-corrected chi connectivity index (χ0v) is 10.4. The number of hydrogen-bond donors (Lipinski definition) is 2. The van der Waals surface area contributed by atoms with Crippen LogP contribution in [-0.4, -0.2) is 11.2 Å². The van der Waals surface area contributed by atoms with Crippen molar-refractivity contribution in [3.05, 3.63) is 29.6 Å². The highest BCUT2D eigenvalue weighted by Gasteiger charge is 2.17. The van der Waals surface area contributed by atoms with Crippen LogP contribution in [0.15, 0.2) is 12.1 Å². The Morgan fingerprint density at radius 2 is 1.78 bits per heavy atom. The Balaban J connectivity index is 2.00. The van der Waals surface area contributed by atoms with Crippen molar-refractivity contribution in [1.29, 1.82) is 0 Å². The van der Waals surface area contributed by atoms with Crippen LogP contribution in [0.3, 0.4) is 0 Å². The van der Waals surface area contributed by atoms with Gasteiger partial charge in [0.15, 0.2) is 22.6 Å². The number of nitrogens with one attached hydrogen (secondary N) is 2. The van der Waals surface area contributed by atoms with E-state index >= 15 is 0 Å². The van der Waals surface area contributed by atoms with E-state index in [1.54, 1.807) is 0 Å². The lowest BCUT2D eigenvalue weighted by atomic mass is 10.2. The fraction of sp³-hybridized carbons (Fsp3) is 0.417. The summed E-state index contributed by atoms with van der Waals surface area (Å²) in [4.78, 5) is 0. The molecular formula is C12H13F3N2S. The van der Waals surface area contributed by atoms with Crippen LogP contribution in [0.4, 0.5) is 18.9 Å². The molecule has 0 amide bonds. The Morgan fingerprint density at radius 3 is 2.44 bits per heavy atom. The van der Waals surface area contributed by atoms with Gasteiger partial charge >= 0.3 is 0 Å². The van der Waals surface area contributed by atoms with Gasteiger partial charge in [0.1, 0.15) is 0 Å². The van der Waals surface area contributed by atoms with Gasteiger partial charge < -0.3 is 10.6 Å². The molecule has 0 aliphatic heterocycles. The van der Waals surface area contributed by atoms with E-state index in [1.807, 2.05) is 0 Å². The predicted molar refractivity (Wildman–Crippen MR) is 67.9 cm³/mol. The Labute approximate surface area is 109 Å². The molecule has 1 aromatic carbocycles. The zero-order chi connectivity index (χ0) is 13.1. The molecule has 0 heterocycles. The van der Waals surface area contributed by atoms with Gasteiger partial charge in [0.05, 0.1) is 5.69 Å². The highest BCUT2D eigenvalue weighted by Crippen LogP contribution is 2.20. The van der Waals surface area contributed by atoms with Gasteiger partial charge in [0.2, 0.25) is 0 Å². The molecule has 1 aliphatic carbocycles. The van der Waals surface area contributed by atoms with E-state index in [0.29, 0.717) is 0 Å². The molecule has 2 N–H and O–H groups in total. The molecule has 0 spiro atoms. The van der Waals surface area contributed by atoms with Gasteiger partial charge in [-0.05, 0) is 37.2 Å². The van der Waals surface area contributed by atoms with E-state index in [4.69, 9.17) is 12.2 Å². The van der Waals surface area contributed by atoms with Gasteiger partial charge in [-0.3, -0.25) is 0 Å². The zero-order valence-electron chi connectivity index (χ0n) is 9.60. The molecule has 0 bridgehead atoms. The molecule has 1 aliphatic rings. The first-order valence-corrected chi connectivity index (χ1v) is 6.20. The minimum Gasteiger partial charge on any atom is -0.360 e. The van der Waals surface area contributed by atoms with Crippen LogP contribution in [0.25, 0.3) is 0 Å². The third kappa shape index (κ3) is 2.93. The Hall–Kier alpha value is -1.30. The van der Waals surface area contributed by atoms with Crippen molar-refractivity contribution in [2.24, 2.45) is 0 Å². The summed E-state index contributed by atoms with van der Waals surface area (Å²) < 4.78 is 39.1. The van der Waals surface area contributed by atoms with E-state index < -0.39 is 17.5 Å². The predicted octanol–water partition coefficient (Wildman–Crippen LogP) is 3.33. The molecule has 6 heteroatoms. The lowest BCUT2D eigenvalue weighted by Gasteiger charge is -2.16. The van der Waals surface area contributed by atoms with Crippen LogP contribution in [0.2, 0.25) is 0 Å². The van der Waals surface area contributed by atoms with Gasteiger partial charge in [-0.1, -0.05) is 12.8 Å². The fourth-order valence-corrected chi connectivity index (χ4v) is 2.31. The van der Waals surface area contributed by atoms with Crippen molar-refractivity contribution < 1.29 is 13.2 Å². The van der Waals surface area contributed by atoms with Crippen LogP contribution in [-0.2, 0) is 0 Å². The number of halogens is 3. The summed E-state index contributed by atoms with van der Waals surface area (Å²) in [6.45, 7) is 0. The topological polar surface area (TPSA) is 24.1 Å². The second-order valence-corrected chi connectivity index (χ2v) is 4.71. The molecule has 18 heavy (non-hydrogen) atoms. The summed E-state index contributed by atoms with van der Waals surface area (Å²) in [6.07, 6.45) is 4.31. The largest absolute Gasteiger partial charge is 0.360 e. The second kappa shape index (κ2) is 5.56. The molecule has 0 atom stereocenters. The first kappa shape index (κ1) is 13.1. The van der Waals surface area contributed by atoms with Crippen molar-refractivity contribution in [3.63, 3.8) is 0 Å². The summed E-state index contributed by atoms with van der Waals surface area (Å²) in [7, 11) is 0. The summed E-state index contributed by atoms with van der Waals surface area (Å²) in [5, 5.41) is 5.80. The van der Waals surface area contributed by atoms with Crippen molar-refractivity contribution in [1.82, 2.24) is 5.32 Å². The minimum atomic E-state index is -1.50. The SMILES string of the molecule is Fc1ccc(NC(=S)NC2CCCC2)c(F)c1F. The van der Waals surface area contributed by atoms with Crippen LogP contribution < -0.4 is 10.6 Å².